The molecule has 146 valence electrons. The van der Waals surface area contributed by atoms with E-state index >= 15 is 0 Å². The van der Waals surface area contributed by atoms with Crippen LogP contribution in [0.3, 0.4) is 0 Å². The van der Waals surface area contributed by atoms with Crippen LogP contribution in [-0.2, 0) is 14.3 Å². The van der Waals surface area contributed by atoms with E-state index in [9.17, 15) is 9.90 Å². The Balaban J connectivity index is 1.55. The van der Waals surface area contributed by atoms with Gasteiger partial charge in [-0.25, -0.2) is 0 Å². The van der Waals surface area contributed by atoms with Crippen LogP contribution in [0.15, 0.2) is 11.1 Å². The minimum Gasteiger partial charge on any atom is -0.385 e. The maximum Gasteiger partial charge on any atom is 0.185 e. The lowest BCUT2D eigenvalue weighted by molar-refractivity contribution is -0.226. The monoisotopic (exact) mass is 370 g/mol. The Kier molecular flexibility index (Phi) is 3.93. The molecule has 4 nitrogen and oxygen atoms in total. The van der Waals surface area contributed by atoms with E-state index in [1.54, 1.807) is 0 Å². The molecular weight excluding hydrogens is 340 g/mol. The average Bonchev–Trinajstić information content (AvgIpc) is 3.21. The molecule has 0 bridgehead atoms. The van der Waals surface area contributed by atoms with Gasteiger partial charge in [-0.15, -0.1) is 5.92 Å². The molecule has 4 heteroatoms. The molecule has 1 unspecified atom stereocenters. The third-order valence-electron chi connectivity index (χ3n) is 8.38. The molecule has 0 amide bonds. The summed E-state index contributed by atoms with van der Waals surface area (Å²) in [7, 11) is 0. The van der Waals surface area contributed by atoms with Crippen LogP contribution in [0.2, 0.25) is 0 Å². The number of carbonyl (C=O) groups excluding carboxylic acids is 1. The molecule has 1 saturated heterocycles. The van der Waals surface area contributed by atoms with Crippen molar-refractivity contribution in [3.8, 4) is 11.8 Å². The second-order valence-electron chi connectivity index (χ2n) is 9.50. The Morgan fingerprint density at radius 3 is 2.67 bits per heavy atom. The first-order valence-electron chi connectivity index (χ1n) is 10.6. The molecule has 0 aromatic carbocycles. The highest BCUT2D eigenvalue weighted by molar-refractivity contribution is 5.87. The second kappa shape index (κ2) is 5.92. The molecule has 5 atom stereocenters. The maximum atomic E-state index is 12.5. The molecule has 1 heterocycles. The Hall–Kier alpha value is -1.15. The molecule has 4 aliphatic carbocycles. The molecule has 27 heavy (non-hydrogen) atoms. The first-order valence-corrected chi connectivity index (χ1v) is 10.6. The topological polar surface area (TPSA) is 55.8 Å². The predicted molar refractivity (Wildman–Crippen MR) is 101 cm³/mol. The van der Waals surface area contributed by atoms with Gasteiger partial charge in [-0.2, -0.15) is 0 Å². The lowest BCUT2D eigenvalue weighted by atomic mass is 9.54. The second-order valence-corrected chi connectivity index (χ2v) is 9.50. The summed E-state index contributed by atoms with van der Waals surface area (Å²) >= 11 is 0. The normalized spacial score (nSPS) is 45.1. The highest BCUT2D eigenvalue weighted by Gasteiger charge is 2.60. The molecule has 5 rings (SSSR count). The van der Waals surface area contributed by atoms with Crippen LogP contribution in [0.25, 0.3) is 0 Å². The largest absolute Gasteiger partial charge is 0.385 e. The van der Waals surface area contributed by atoms with Crippen LogP contribution in [0.5, 0.6) is 0 Å². The molecule has 0 radical (unpaired) electrons. The van der Waals surface area contributed by atoms with Gasteiger partial charge in [0.2, 0.25) is 0 Å². The van der Waals surface area contributed by atoms with E-state index in [2.05, 4.69) is 18.8 Å². The fraction of sp³-hybridized carbons (Fsp3) is 0.783. The van der Waals surface area contributed by atoms with Crippen molar-refractivity contribution in [1.82, 2.24) is 0 Å². The van der Waals surface area contributed by atoms with Gasteiger partial charge < -0.3 is 14.6 Å². The summed E-state index contributed by atoms with van der Waals surface area (Å²) in [5.74, 6) is 6.99. The summed E-state index contributed by atoms with van der Waals surface area (Å²) in [5.41, 5.74) is 1.67. The molecule has 0 aromatic heterocycles. The number of ketones is 1. The quantitative estimate of drug-likeness (QED) is 0.525. The summed E-state index contributed by atoms with van der Waals surface area (Å²) in [5, 5.41) is 11.7. The average molecular weight is 370 g/mol. The van der Waals surface area contributed by atoms with E-state index in [0.29, 0.717) is 37.3 Å². The fourth-order valence-electron chi connectivity index (χ4n) is 7.00. The number of allylic oxidation sites excluding steroid dienone is 1. The van der Waals surface area contributed by atoms with Crippen LogP contribution in [0.1, 0.15) is 65.2 Å². The molecule has 1 aliphatic heterocycles. The molecule has 0 aromatic rings. The SMILES string of the molecule is CC#CC1CC2=C3CC[C@]4(C)C(=O)CC[C@H]4[C@@H]3CC[C@@]2(O)CC12OCCO2. The predicted octanol–water partition coefficient (Wildman–Crippen LogP) is 3.38. The minimum atomic E-state index is -0.835. The van der Waals surface area contributed by atoms with Gasteiger partial charge in [0, 0.05) is 18.3 Å². The van der Waals surface area contributed by atoms with E-state index in [-0.39, 0.29) is 11.3 Å². The van der Waals surface area contributed by atoms with Crippen molar-refractivity contribution in [2.24, 2.45) is 23.2 Å². The fourth-order valence-corrected chi connectivity index (χ4v) is 7.00. The van der Waals surface area contributed by atoms with Gasteiger partial charge in [0.15, 0.2) is 5.79 Å². The van der Waals surface area contributed by atoms with Crippen molar-refractivity contribution in [1.29, 1.82) is 0 Å². The minimum absolute atomic E-state index is 0.0231. The van der Waals surface area contributed by atoms with E-state index in [1.807, 2.05) is 6.92 Å². The first-order chi connectivity index (χ1) is 12.9. The number of aliphatic hydroxyl groups is 1. The number of hydrogen-bond donors (Lipinski definition) is 1. The number of hydrogen-bond acceptors (Lipinski definition) is 4. The molecule has 1 N–H and O–H groups in total. The molecule has 1 spiro atoms. The van der Waals surface area contributed by atoms with E-state index in [0.717, 1.165) is 44.9 Å². The van der Waals surface area contributed by atoms with Crippen LogP contribution < -0.4 is 0 Å². The van der Waals surface area contributed by atoms with E-state index in [4.69, 9.17) is 9.47 Å². The number of carbonyl (C=O) groups is 1. The van der Waals surface area contributed by atoms with Gasteiger partial charge in [-0.05, 0) is 62.9 Å². The highest BCUT2D eigenvalue weighted by atomic mass is 16.7. The zero-order valence-corrected chi connectivity index (χ0v) is 16.5. The lowest BCUT2D eigenvalue weighted by Crippen LogP contribution is -2.56. The number of rotatable bonds is 0. The number of Topliss-reactive ketones (excluding diaryl/α,β-unsaturated/α-hetero) is 1. The summed E-state index contributed by atoms with van der Waals surface area (Å²) in [6.07, 6.45) is 6.59. The lowest BCUT2D eigenvalue weighted by Gasteiger charge is -2.54. The van der Waals surface area contributed by atoms with Crippen LogP contribution in [-0.4, -0.2) is 35.5 Å². The Morgan fingerprint density at radius 1 is 1.15 bits per heavy atom. The van der Waals surface area contributed by atoms with Gasteiger partial charge in [0.1, 0.15) is 5.78 Å². The standard InChI is InChI=1S/C23H30O4/c1-3-4-15-13-19-17-7-9-21(2)18(5-6-20(21)24)16(17)8-10-22(19,25)14-23(15)26-11-12-27-23/h15-16,18,25H,5-14H2,1-2H3/t15?,16-,18+,21+,22-/m1/s1. The summed E-state index contributed by atoms with van der Waals surface area (Å²) in [4.78, 5) is 12.5. The number of fused-ring (bicyclic) bond motifs is 4. The highest BCUT2D eigenvalue weighted by Crippen LogP contribution is 2.61. The van der Waals surface area contributed by atoms with Crippen LogP contribution in [0, 0.1) is 35.0 Å². The molecule has 5 aliphatic rings. The smallest absolute Gasteiger partial charge is 0.185 e. The van der Waals surface area contributed by atoms with Crippen LogP contribution >= 0.6 is 0 Å². The zero-order chi connectivity index (χ0) is 18.9. The van der Waals surface area contributed by atoms with Crippen molar-refractivity contribution in [3.63, 3.8) is 0 Å². The van der Waals surface area contributed by atoms with Crippen LogP contribution in [0.4, 0.5) is 0 Å². The van der Waals surface area contributed by atoms with Crippen molar-refractivity contribution in [2.45, 2.75) is 76.6 Å². The Morgan fingerprint density at radius 2 is 1.93 bits per heavy atom. The van der Waals surface area contributed by atoms with E-state index < -0.39 is 11.4 Å². The molecule has 4 fully saturated rings. The third-order valence-corrected chi connectivity index (χ3v) is 8.38. The van der Waals surface area contributed by atoms with Gasteiger partial charge in [-0.3, -0.25) is 4.79 Å². The maximum absolute atomic E-state index is 12.5. The third kappa shape index (κ3) is 2.38. The number of ether oxygens (including phenoxy) is 2. The summed E-state index contributed by atoms with van der Waals surface area (Å²) < 4.78 is 12.1. The zero-order valence-electron chi connectivity index (χ0n) is 16.5. The first kappa shape index (κ1) is 17.9. The Bertz CT molecular complexity index is 765. The van der Waals surface area contributed by atoms with Crippen molar-refractivity contribution < 1.29 is 19.4 Å². The van der Waals surface area contributed by atoms with Crippen molar-refractivity contribution in [2.75, 3.05) is 13.2 Å². The summed E-state index contributed by atoms with van der Waals surface area (Å²) in [6.45, 7) is 5.21. The van der Waals surface area contributed by atoms with Gasteiger partial charge >= 0.3 is 0 Å². The molecular formula is C23H30O4. The van der Waals surface area contributed by atoms with E-state index in [1.165, 1.54) is 11.1 Å². The van der Waals surface area contributed by atoms with Crippen molar-refractivity contribution in [3.05, 3.63) is 11.1 Å². The van der Waals surface area contributed by atoms with Crippen molar-refractivity contribution >= 4 is 5.78 Å². The van der Waals surface area contributed by atoms with Gasteiger partial charge in [0.25, 0.3) is 0 Å². The Labute approximate surface area is 161 Å². The van der Waals surface area contributed by atoms with Gasteiger partial charge in [0.05, 0.1) is 24.7 Å². The molecule has 3 saturated carbocycles. The summed E-state index contributed by atoms with van der Waals surface area (Å²) in [6, 6.07) is 0. The van der Waals surface area contributed by atoms with Gasteiger partial charge in [-0.1, -0.05) is 18.4 Å².